The maximum Gasteiger partial charge on any atom is 0.341 e. The zero-order chi connectivity index (χ0) is 15.1. The van der Waals surface area contributed by atoms with Gasteiger partial charge in [0, 0.05) is 5.02 Å². The molecule has 1 aromatic carbocycles. The molecule has 0 amide bonds. The number of halogens is 1. The number of ether oxygens (including phenoxy) is 2. The normalized spacial score (nSPS) is 25.6. The second kappa shape index (κ2) is 5.05. The smallest absolute Gasteiger partial charge is 0.341 e. The molecule has 1 aliphatic rings. The van der Waals surface area contributed by atoms with Crippen LogP contribution in [0.25, 0.3) is 0 Å². The Morgan fingerprint density at radius 2 is 1.90 bits per heavy atom. The second-order valence-electron chi connectivity index (χ2n) is 6.30. The fraction of sp³-hybridized carbons (Fsp3) is 0.562. The summed E-state index contributed by atoms with van der Waals surface area (Å²) in [5, 5.41) is 0.666. The fourth-order valence-electron chi connectivity index (χ4n) is 1.85. The highest BCUT2D eigenvalue weighted by atomic mass is 35.5. The lowest BCUT2D eigenvalue weighted by Gasteiger charge is -2.30. The van der Waals surface area contributed by atoms with Crippen molar-refractivity contribution < 1.29 is 14.3 Å². The Bertz CT molecular complexity index is 507. The summed E-state index contributed by atoms with van der Waals surface area (Å²) in [5.41, 5.74) is -0.451. The van der Waals surface area contributed by atoms with Gasteiger partial charge in [-0.1, -0.05) is 37.6 Å². The minimum atomic E-state index is -0.889. The predicted molar refractivity (Wildman–Crippen MR) is 78.7 cm³/mol. The van der Waals surface area contributed by atoms with Gasteiger partial charge in [0.2, 0.25) is 0 Å². The Labute approximate surface area is 125 Å². The van der Waals surface area contributed by atoms with Crippen molar-refractivity contribution in [2.45, 2.75) is 51.9 Å². The third-order valence-corrected chi connectivity index (χ3v) is 4.38. The van der Waals surface area contributed by atoms with Crippen molar-refractivity contribution in [3.8, 4) is 0 Å². The Kier molecular flexibility index (Phi) is 3.87. The van der Waals surface area contributed by atoms with Gasteiger partial charge in [-0.05, 0) is 44.4 Å². The lowest BCUT2D eigenvalue weighted by Crippen LogP contribution is -2.38. The largest absolute Gasteiger partial charge is 0.457 e. The van der Waals surface area contributed by atoms with Crippen LogP contribution in [0.2, 0.25) is 5.02 Å². The van der Waals surface area contributed by atoms with E-state index in [2.05, 4.69) is 0 Å². The van der Waals surface area contributed by atoms with Crippen LogP contribution in [-0.2, 0) is 14.3 Å². The molecule has 1 aliphatic heterocycles. The summed E-state index contributed by atoms with van der Waals surface area (Å²) in [6.07, 6.45) is -0.254. The van der Waals surface area contributed by atoms with Crippen LogP contribution in [0.1, 0.15) is 46.3 Å². The van der Waals surface area contributed by atoms with Crippen molar-refractivity contribution in [2.75, 3.05) is 0 Å². The molecule has 1 aromatic rings. The van der Waals surface area contributed by atoms with Crippen LogP contribution in [0.5, 0.6) is 0 Å². The minimum Gasteiger partial charge on any atom is -0.457 e. The summed E-state index contributed by atoms with van der Waals surface area (Å²) < 4.78 is 11.2. The van der Waals surface area contributed by atoms with Crippen LogP contribution in [0.15, 0.2) is 24.3 Å². The average molecular weight is 297 g/mol. The van der Waals surface area contributed by atoms with Crippen LogP contribution in [-0.4, -0.2) is 17.2 Å². The molecule has 1 saturated heterocycles. The molecule has 3 nitrogen and oxygen atoms in total. The van der Waals surface area contributed by atoms with Crippen LogP contribution in [0.4, 0.5) is 0 Å². The first-order chi connectivity index (χ1) is 9.17. The van der Waals surface area contributed by atoms with Crippen LogP contribution >= 0.6 is 11.6 Å². The molecule has 0 bridgehead atoms. The summed E-state index contributed by atoms with van der Waals surface area (Å²) in [5.74, 6) is -0.0704. The summed E-state index contributed by atoms with van der Waals surface area (Å²) in [4.78, 5) is 12.3. The molecule has 4 heteroatoms. The van der Waals surface area contributed by atoms with E-state index in [4.69, 9.17) is 21.1 Å². The zero-order valence-corrected chi connectivity index (χ0v) is 13.3. The standard InChI is InChI=1S/C16H21ClO3/c1-10(2)15(3,4)20-14(18)16(5)13(19-16)11-6-8-12(17)9-7-11/h6-10,13H,1-5H3. The second-order valence-corrected chi connectivity index (χ2v) is 6.74. The molecule has 110 valence electrons. The molecule has 0 radical (unpaired) electrons. The Morgan fingerprint density at radius 3 is 2.40 bits per heavy atom. The first-order valence-electron chi connectivity index (χ1n) is 6.83. The maximum absolute atomic E-state index is 12.3. The summed E-state index contributed by atoms with van der Waals surface area (Å²) in [6.45, 7) is 9.66. The third kappa shape index (κ3) is 2.84. The number of epoxide rings is 1. The van der Waals surface area contributed by atoms with E-state index in [-0.39, 0.29) is 18.0 Å². The maximum atomic E-state index is 12.3. The molecular weight excluding hydrogens is 276 g/mol. The van der Waals surface area contributed by atoms with Gasteiger partial charge in [0.05, 0.1) is 0 Å². The molecule has 0 saturated carbocycles. The SMILES string of the molecule is CC(C)C(C)(C)OC(=O)C1(C)OC1c1ccc(Cl)cc1. The van der Waals surface area contributed by atoms with E-state index in [0.717, 1.165) is 5.56 Å². The summed E-state index contributed by atoms with van der Waals surface area (Å²) in [7, 11) is 0. The number of hydrogen-bond donors (Lipinski definition) is 0. The van der Waals surface area contributed by atoms with Crippen LogP contribution in [0.3, 0.4) is 0 Å². The first kappa shape index (κ1) is 15.3. The van der Waals surface area contributed by atoms with Gasteiger partial charge in [-0.2, -0.15) is 0 Å². The summed E-state index contributed by atoms with van der Waals surface area (Å²) in [6, 6.07) is 7.34. The van der Waals surface area contributed by atoms with E-state index in [1.807, 2.05) is 39.8 Å². The highest BCUT2D eigenvalue weighted by Crippen LogP contribution is 2.50. The minimum absolute atomic E-state index is 0.239. The third-order valence-electron chi connectivity index (χ3n) is 4.13. The van der Waals surface area contributed by atoms with E-state index in [1.54, 1.807) is 19.1 Å². The number of carbonyl (C=O) groups is 1. The quantitative estimate of drug-likeness (QED) is 0.619. The lowest BCUT2D eigenvalue weighted by molar-refractivity contribution is -0.166. The van der Waals surface area contributed by atoms with Crippen molar-refractivity contribution in [1.29, 1.82) is 0 Å². The monoisotopic (exact) mass is 296 g/mol. The van der Waals surface area contributed by atoms with E-state index >= 15 is 0 Å². The lowest BCUT2D eigenvalue weighted by atomic mass is 9.94. The Morgan fingerprint density at radius 1 is 1.35 bits per heavy atom. The van der Waals surface area contributed by atoms with E-state index in [1.165, 1.54) is 0 Å². The number of esters is 1. The fourth-order valence-corrected chi connectivity index (χ4v) is 1.97. The van der Waals surface area contributed by atoms with Crippen molar-refractivity contribution >= 4 is 17.6 Å². The molecule has 1 fully saturated rings. The van der Waals surface area contributed by atoms with Crippen molar-refractivity contribution in [2.24, 2.45) is 5.92 Å². The molecule has 20 heavy (non-hydrogen) atoms. The highest BCUT2D eigenvalue weighted by Gasteiger charge is 2.61. The van der Waals surface area contributed by atoms with E-state index < -0.39 is 11.2 Å². The summed E-state index contributed by atoms with van der Waals surface area (Å²) >= 11 is 5.86. The molecule has 0 spiro atoms. The van der Waals surface area contributed by atoms with Gasteiger partial charge >= 0.3 is 5.97 Å². The highest BCUT2D eigenvalue weighted by molar-refractivity contribution is 6.30. The Hall–Kier alpha value is -1.06. The van der Waals surface area contributed by atoms with Gasteiger partial charge < -0.3 is 9.47 Å². The van der Waals surface area contributed by atoms with E-state index in [0.29, 0.717) is 5.02 Å². The van der Waals surface area contributed by atoms with E-state index in [9.17, 15) is 4.79 Å². The molecule has 2 rings (SSSR count). The molecular formula is C16H21ClO3. The van der Waals surface area contributed by atoms with Gasteiger partial charge in [-0.15, -0.1) is 0 Å². The van der Waals surface area contributed by atoms with Crippen LogP contribution < -0.4 is 0 Å². The number of rotatable bonds is 4. The van der Waals surface area contributed by atoms with Crippen molar-refractivity contribution in [3.05, 3.63) is 34.9 Å². The predicted octanol–water partition coefficient (Wildman–Crippen LogP) is 4.15. The first-order valence-corrected chi connectivity index (χ1v) is 7.21. The molecule has 0 aliphatic carbocycles. The molecule has 2 atom stereocenters. The van der Waals surface area contributed by atoms with Crippen molar-refractivity contribution in [3.63, 3.8) is 0 Å². The molecule has 1 heterocycles. The number of hydrogen-bond acceptors (Lipinski definition) is 3. The number of carbonyl (C=O) groups excluding carboxylic acids is 1. The topological polar surface area (TPSA) is 38.8 Å². The zero-order valence-electron chi connectivity index (χ0n) is 12.6. The van der Waals surface area contributed by atoms with Crippen LogP contribution in [0, 0.1) is 5.92 Å². The Balaban J connectivity index is 2.07. The van der Waals surface area contributed by atoms with Gasteiger partial charge in [0.25, 0.3) is 0 Å². The van der Waals surface area contributed by atoms with Gasteiger partial charge in [-0.25, -0.2) is 4.79 Å². The molecule has 2 unspecified atom stereocenters. The average Bonchev–Trinajstić information content (AvgIpc) is 3.03. The van der Waals surface area contributed by atoms with Gasteiger partial charge in [0.15, 0.2) is 5.60 Å². The molecule has 0 N–H and O–H groups in total. The molecule has 0 aromatic heterocycles. The van der Waals surface area contributed by atoms with Gasteiger partial charge in [0.1, 0.15) is 11.7 Å². The van der Waals surface area contributed by atoms with Crippen molar-refractivity contribution in [1.82, 2.24) is 0 Å². The van der Waals surface area contributed by atoms with Gasteiger partial charge in [-0.3, -0.25) is 0 Å². The number of benzene rings is 1.